The highest BCUT2D eigenvalue weighted by molar-refractivity contribution is 5.98. The second-order valence-corrected chi connectivity index (χ2v) is 6.03. The van der Waals surface area contributed by atoms with Crippen molar-refractivity contribution < 1.29 is 5.11 Å². The molecule has 1 aromatic carbocycles. The van der Waals surface area contributed by atoms with E-state index < -0.39 is 0 Å². The zero-order valence-electron chi connectivity index (χ0n) is 12.5. The predicted octanol–water partition coefficient (Wildman–Crippen LogP) is 1.32. The van der Waals surface area contributed by atoms with Crippen LogP contribution in [0, 0.1) is 0 Å². The number of anilines is 2. The molecular weight excluding hydrogens is 264 g/mol. The summed E-state index contributed by atoms with van der Waals surface area (Å²) in [4.78, 5) is 8.84. The van der Waals surface area contributed by atoms with E-state index in [1.165, 1.54) is 0 Å². The molecule has 5 heteroatoms. The van der Waals surface area contributed by atoms with Crippen molar-refractivity contribution in [1.29, 1.82) is 0 Å². The fourth-order valence-corrected chi connectivity index (χ4v) is 3.21. The second-order valence-electron chi connectivity index (χ2n) is 6.03. The number of hydrogen-bond donors (Lipinski definition) is 2. The molecule has 0 aliphatic carbocycles. The maximum atomic E-state index is 10.1. The molecule has 3 rings (SSSR count). The molecule has 0 bridgehead atoms. The van der Waals surface area contributed by atoms with Gasteiger partial charge in [-0.15, -0.1) is 0 Å². The Morgan fingerprint density at radius 1 is 1.38 bits per heavy atom. The summed E-state index contributed by atoms with van der Waals surface area (Å²) in [5, 5.41) is 11.1. The van der Waals surface area contributed by atoms with Crippen LogP contribution < -0.4 is 10.6 Å². The van der Waals surface area contributed by atoms with Crippen molar-refractivity contribution in [3.8, 4) is 0 Å². The monoisotopic (exact) mass is 286 g/mol. The van der Waals surface area contributed by atoms with Crippen molar-refractivity contribution in [3.63, 3.8) is 0 Å². The van der Waals surface area contributed by atoms with Crippen LogP contribution >= 0.6 is 0 Å². The predicted molar refractivity (Wildman–Crippen MR) is 86.5 cm³/mol. The number of rotatable bonds is 3. The molecular formula is C16H22N4O. The van der Waals surface area contributed by atoms with Gasteiger partial charge in [0, 0.05) is 36.4 Å². The van der Waals surface area contributed by atoms with E-state index in [0.717, 1.165) is 29.6 Å². The van der Waals surface area contributed by atoms with Gasteiger partial charge in [-0.05, 0) is 44.8 Å². The van der Waals surface area contributed by atoms with Crippen LogP contribution in [0.4, 0.5) is 11.4 Å². The standard InChI is InChI=1S/C16H22N4O/c1-19(2)9-11-8-12(21)10-20(11)15-6-5-14(17)16-13(15)4-3-7-18-16/h3-7,11-12,21H,8-10,17H2,1-2H3. The minimum absolute atomic E-state index is 0.278. The van der Waals surface area contributed by atoms with Crippen molar-refractivity contribution >= 4 is 22.3 Å². The Bertz CT molecular complexity index is 643. The maximum Gasteiger partial charge on any atom is 0.0951 e. The van der Waals surface area contributed by atoms with Gasteiger partial charge in [0.25, 0.3) is 0 Å². The first-order chi connectivity index (χ1) is 10.1. The fourth-order valence-electron chi connectivity index (χ4n) is 3.21. The number of nitrogens with two attached hydrogens (primary N) is 1. The molecule has 5 nitrogen and oxygen atoms in total. The second kappa shape index (κ2) is 5.50. The highest BCUT2D eigenvalue weighted by atomic mass is 16.3. The highest BCUT2D eigenvalue weighted by Gasteiger charge is 2.32. The van der Waals surface area contributed by atoms with Crippen LogP contribution in [0.25, 0.3) is 10.9 Å². The van der Waals surface area contributed by atoms with E-state index in [1.54, 1.807) is 6.20 Å². The van der Waals surface area contributed by atoms with E-state index >= 15 is 0 Å². The van der Waals surface area contributed by atoms with Crippen molar-refractivity contribution in [1.82, 2.24) is 9.88 Å². The molecule has 2 unspecified atom stereocenters. The Labute approximate surface area is 125 Å². The lowest BCUT2D eigenvalue weighted by Crippen LogP contribution is -2.37. The topological polar surface area (TPSA) is 65.6 Å². The first-order valence-electron chi connectivity index (χ1n) is 7.29. The van der Waals surface area contributed by atoms with Gasteiger partial charge in [0.05, 0.1) is 17.3 Å². The van der Waals surface area contributed by atoms with Gasteiger partial charge < -0.3 is 20.6 Å². The summed E-state index contributed by atoms with van der Waals surface area (Å²) in [7, 11) is 4.12. The van der Waals surface area contributed by atoms with Crippen molar-refractivity contribution in [2.75, 3.05) is 37.8 Å². The zero-order valence-corrected chi connectivity index (χ0v) is 12.5. The Morgan fingerprint density at radius 3 is 2.95 bits per heavy atom. The van der Waals surface area contributed by atoms with Gasteiger partial charge in [-0.3, -0.25) is 4.98 Å². The number of benzene rings is 1. The maximum absolute atomic E-state index is 10.1. The molecule has 0 spiro atoms. The molecule has 3 N–H and O–H groups in total. The van der Waals surface area contributed by atoms with Crippen LogP contribution in [-0.4, -0.2) is 54.3 Å². The summed E-state index contributed by atoms with van der Waals surface area (Å²) in [6, 6.07) is 8.23. The molecule has 112 valence electrons. The van der Waals surface area contributed by atoms with Crippen LogP contribution in [0.5, 0.6) is 0 Å². The molecule has 0 saturated carbocycles. The summed E-state index contributed by atoms with van der Waals surface area (Å²) >= 11 is 0. The minimum atomic E-state index is -0.278. The quantitative estimate of drug-likeness (QED) is 0.833. The third kappa shape index (κ3) is 2.66. The van der Waals surface area contributed by atoms with Crippen molar-refractivity contribution in [2.45, 2.75) is 18.6 Å². The molecule has 1 fully saturated rings. The molecule has 1 aromatic heterocycles. The fraction of sp³-hybridized carbons (Fsp3) is 0.438. The first-order valence-corrected chi connectivity index (χ1v) is 7.29. The number of aliphatic hydroxyl groups is 1. The average Bonchev–Trinajstić information content (AvgIpc) is 2.79. The summed E-state index contributed by atoms with van der Waals surface area (Å²) in [6.07, 6.45) is 2.28. The van der Waals surface area contributed by atoms with Crippen LogP contribution in [0.15, 0.2) is 30.5 Å². The molecule has 2 heterocycles. The van der Waals surface area contributed by atoms with E-state index in [4.69, 9.17) is 5.73 Å². The Morgan fingerprint density at radius 2 is 2.19 bits per heavy atom. The summed E-state index contributed by atoms with van der Waals surface area (Å²) in [5.41, 5.74) is 8.66. The van der Waals surface area contributed by atoms with E-state index in [0.29, 0.717) is 18.3 Å². The lowest BCUT2D eigenvalue weighted by Gasteiger charge is -2.29. The largest absolute Gasteiger partial charge is 0.397 e. The van der Waals surface area contributed by atoms with Crippen LogP contribution in [0.2, 0.25) is 0 Å². The Kier molecular flexibility index (Phi) is 3.69. The normalized spacial score (nSPS) is 22.4. The van der Waals surface area contributed by atoms with Gasteiger partial charge in [-0.25, -0.2) is 0 Å². The number of nitrogen functional groups attached to an aromatic ring is 1. The van der Waals surface area contributed by atoms with Crippen LogP contribution in [0.3, 0.4) is 0 Å². The van der Waals surface area contributed by atoms with Crippen LogP contribution in [0.1, 0.15) is 6.42 Å². The molecule has 2 atom stereocenters. The smallest absolute Gasteiger partial charge is 0.0951 e. The molecule has 0 radical (unpaired) electrons. The number of β-amino-alcohol motifs (C(OH)–C–C–N with tert-alkyl or cyclic N) is 1. The average molecular weight is 286 g/mol. The third-order valence-corrected chi connectivity index (χ3v) is 4.06. The zero-order chi connectivity index (χ0) is 15.0. The van der Waals surface area contributed by atoms with E-state index in [1.807, 2.05) is 24.3 Å². The SMILES string of the molecule is CN(C)CC1CC(O)CN1c1ccc(N)c2ncccc12. The summed E-state index contributed by atoms with van der Waals surface area (Å²) < 4.78 is 0. The molecule has 1 aliphatic rings. The van der Waals surface area contributed by atoms with E-state index in [9.17, 15) is 5.11 Å². The number of fused-ring (bicyclic) bond motifs is 1. The Hall–Kier alpha value is -1.85. The summed E-state index contributed by atoms with van der Waals surface area (Å²) in [6.45, 7) is 1.58. The third-order valence-electron chi connectivity index (χ3n) is 4.06. The summed E-state index contributed by atoms with van der Waals surface area (Å²) in [5.74, 6) is 0. The Balaban J connectivity index is 2.04. The number of nitrogens with zero attached hydrogens (tertiary/aromatic N) is 3. The number of aliphatic hydroxyl groups excluding tert-OH is 1. The molecule has 1 saturated heterocycles. The molecule has 21 heavy (non-hydrogen) atoms. The highest BCUT2D eigenvalue weighted by Crippen LogP contribution is 2.34. The number of likely N-dealkylation sites (N-methyl/N-ethyl adjacent to an activating group) is 1. The van der Waals surface area contributed by atoms with Gasteiger partial charge in [0.15, 0.2) is 0 Å². The van der Waals surface area contributed by atoms with Crippen molar-refractivity contribution in [2.24, 2.45) is 0 Å². The molecule has 1 aliphatic heterocycles. The lowest BCUT2D eigenvalue weighted by atomic mass is 10.1. The van der Waals surface area contributed by atoms with Gasteiger partial charge >= 0.3 is 0 Å². The van der Waals surface area contributed by atoms with E-state index in [-0.39, 0.29) is 6.10 Å². The molecule has 0 amide bonds. The van der Waals surface area contributed by atoms with Gasteiger partial charge in [-0.1, -0.05) is 0 Å². The first kappa shape index (κ1) is 14.1. The van der Waals surface area contributed by atoms with Gasteiger partial charge in [0.2, 0.25) is 0 Å². The number of hydrogen-bond acceptors (Lipinski definition) is 5. The lowest BCUT2D eigenvalue weighted by molar-refractivity contribution is 0.191. The van der Waals surface area contributed by atoms with Gasteiger partial charge in [0.1, 0.15) is 0 Å². The van der Waals surface area contributed by atoms with Gasteiger partial charge in [-0.2, -0.15) is 0 Å². The van der Waals surface area contributed by atoms with E-state index in [2.05, 4.69) is 28.9 Å². The minimum Gasteiger partial charge on any atom is -0.397 e. The number of pyridine rings is 1. The molecule has 2 aromatic rings. The van der Waals surface area contributed by atoms with Crippen molar-refractivity contribution in [3.05, 3.63) is 30.5 Å². The van der Waals surface area contributed by atoms with Crippen LogP contribution in [-0.2, 0) is 0 Å². The number of aromatic nitrogens is 1.